The maximum atomic E-state index is 11.6. The van der Waals surface area contributed by atoms with E-state index in [1.54, 1.807) is 0 Å². The quantitative estimate of drug-likeness (QED) is 0.865. The molecular weight excluding hydrogens is 272 g/mol. The molecule has 1 aliphatic rings. The van der Waals surface area contributed by atoms with E-state index in [0.29, 0.717) is 11.6 Å². The van der Waals surface area contributed by atoms with E-state index in [1.807, 2.05) is 24.5 Å². The fraction of sp³-hybridized carbons (Fsp3) is 0.533. The van der Waals surface area contributed by atoms with Gasteiger partial charge in [-0.1, -0.05) is 13.0 Å². The van der Waals surface area contributed by atoms with Crippen molar-refractivity contribution < 1.29 is 9.90 Å². The van der Waals surface area contributed by atoms with Crippen molar-refractivity contribution >= 4 is 23.4 Å². The van der Waals surface area contributed by atoms with Crippen molar-refractivity contribution in [2.45, 2.75) is 24.3 Å². The second kappa shape index (κ2) is 6.50. The molecule has 1 fully saturated rings. The van der Waals surface area contributed by atoms with E-state index in [9.17, 15) is 9.90 Å². The summed E-state index contributed by atoms with van der Waals surface area (Å²) in [6.07, 6.45) is 3.00. The number of thioether (sulfide) groups is 1. The van der Waals surface area contributed by atoms with Crippen LogP contribution in [-0.2, 0) is 0 Å². The van der Waals surface area contributed by atoms with Gasteiger partial charge in [0.2, 0.25) is 0 Å². The predicted octanol–water partition coefficient (Wildman–Crippen LogP) is 2.64. The zero-order chi connectivity index (χ0) is 14.7. The summed E-state index contributed by atoms with van der Waals surface area (Å²) >= 11 is 1.49. The van der Waals surface area contributed by atoms with E-state index in [4.69, 9.17) is 0 Å². The highest BCUT2D eigenvalue weighted by molar-refractivity contribution is 7.98. The molecule has 0 radical (unpaired) electrons. The number of carboxylic acids is 1. The minimum atomic E-state index is -0.836. The molecule has 2 rings (SSSR count). The second-order valence-corrected chi connectivity index (χ2v) is 6.00. The Hall–Kier alpha value is -1.20. The number of carboxylic acid groups (broad SMARTS) is 1. The Morgan fingerprint density at radius 1 is 1.45 bits per heavy atom. The average molecular weight is 294 g/mol. The number of hydrogen-bond donors (Lipinski definition) is 1. The van der Waals surface area contributed by atoms with Crippen LogP contribution in [-0.4, -0.2) is 55.0 Å². The number of carbonyl (C=O) groups is 1. The first-order valence-corrected chi connectivity index (χ1v) is 8.16. The van der Waals surface area contributed by atoms with E-state index in [1.165, 1.54) is 11.8 Å². The van der Waals surface area contributed by atoms with Crippen molar-refractivity contribution in [1.82, 2.24) is 4.90 Å². The second-order valence-electron chi connectivity index (χ2n) is 5.15. The molecule has 110 valence electrons. The third kappa shape index (κ3) is 2.94. The molecule has 0 amide bonds. The topological polar surface area (TPSA) is 43.8 Å². The van der Waals surface area contributed by atoms with Gasteiger partial charge >= 0.3 is 5.97 Å². The van der Waals surface area contributed by atoms with Crippen LogP contribution in [0.4, 0.5) is 5.69 Å². The molecule has 20 heavy (non-hydrogen) atoms. The molecule has 1 unspecified atom stereocenters. The van der Waals surface area contributed by atoms with E-state index < -0.39 is 5.97 Å². The smallest absolute Gasteiger partial charge is 0.338 e. The SMILES string of the molecule is CCC1CN(c2cccc(SC)c2C(=O)O)CCN1C. The van der Waals surface area contributed by atoms with Gasteiger partial charge in [0.25, 0.3) is 0 Å². The van der Waals surface area contributed by atoms with Crippen LogP contribution >= 0.6 is 11.8 Å². The van der Waals surface area contributed by atoms with Gasteiger partial charge in [-0.15, -0.1) is 11.8 Å². The zero-order valence-electron chi connectivity index (χ0n) is 12.3. The molecule has 1 N–H and O–H groups in total. The molecule has 0 aromatic heterocycles. The number of hydrogen-bond acceptors (Lipinski definition) is 4. The van der Waals surface area contributed by atoms with Crippen LogP contribution in [0, 0.1) is 0 Å². The monoisotopic (exact) mass is 294 g/mol. The summed E-state index contributed by atoms with van der Waals surface area (Å²) in [5.41, 5.74) is 1.30. The average Bonchev–Trinajstić information content (AvgIpc) is 2.46. The Labute approximate surface area is 124 Å². The van der Waals surface area contributed by atoms with Crippen LogP contribution in [0.2, 0.25) is 0 Å². The van der Waals surface area contributed by atoms with Crippen molar-refractivity contribution in [2.24, 2.45) is 0 Å². The molecule has 0 spiro atoms. The van der Waals surface area contributed by atoms with Crippen LogP contribution in [0.1, 0.15) is 23.7 Å². The molecule has 1 aliphatic heterocycles. The molecule has 1 atom stereocenters. The van der Waals surface area contributed by atoms with Gasteiger partial charge < -0.3 is 10.0 Å². The van der Waals surface area contributed by atoms with Gasteiger partial charge in [-0.25, -0.2) is 4.79 Å². The van der Waals surface area contributed by atoms with Crippen molar-refractivity contribution in [3.63, 3.8) is 0 Å². The van der Waals surface area contributed by atoms with Crippen LogP contribution < -0.4 is 4.90 Å². The maximum Gasteiger partial charge on any atom is 0.338 e. The van der Waals surface area contributed by atoms with Crippen LogP contribution in [0.15, 0.2) is 23.1 Å². The first-order valence-electron chi connectivity index (χ1n) is 6.94. The number of rotatable bonds is 4. The Morgan fingerprint density at radius 2 is 2.20 bits per heavy atom. The summed E-state index contributed by atoms with van der Waals surface area (Å²) in [5, 5.41) is 9.53. The maximum absolute atomic E-state index is 11.6. The highest BCUT2D eigenvalue weighted by Crippen LogP contribution is 2.31. The van der Waals surface area contributed by atoms with E-state index >= 15 is 0 Å². The number of benzene rings is 1. The minimum Gasteiger partial charge on any atom is -0.478 e. The Bertz CT molecular complexity index is 493. The molecule has 0 bridgehead atoms. The number of aromatic carboxylic acids is 1. The molecule has 1 saturated heterocycles. The van der Waals surface area contributed by atoms with E-state index in [0.717, 1.165) is 36.6 Å². The molecular formula is C15H22N2O2S. The van der Waals surface area contributed by atoms with Crippen LogP contribution in [0.5, 0.6) is 0 Å². The Balaban J connectivity index is 2.35. The third-order valence-electron chi connectivity index (χ3n) is 4.03. The van der Waals surface area contributed by atoms with Gasteiger partial charge in [-0.3, -0.25) is 4.90 Å². The highest BCUT2D eigenvalue weighted by Gasteiger charge is 2.26. The summed E-state index contributed by atoms with van der Waals surface area (Å²) in [7, 11) is 2.14. The van der Waals surface area contributed by atoms with Crippen molar-refractivity contribution in [3.8, 4) is 0 Å². The number of nitrogens with zero attached hydrogens (tertiary/aromatic N) is 2. The first kappa shape index (κ1) is 15.2. The zero-order valence-corrected chi connectivity index (χ0v) is 13.1. The highest BCUT2D eigenvalue weighted by atomic mass is 32.2. The van der Waals surface area contributed by atoms with Crippen molar-refractivity contribution in [1.29, 1.82) is 0 Å². The van der Waals surface area contributed by atoms with Gasteiger partial charge in [0.1, 0.15) is 0 Å². The van der Waals surface area contributed by atoms with Gasteiger partial charge in [-0.2, -0.15) is 0 Å². The lowest BCUT2D eigenvalue weighted by atomic mass is 10.1. The third-order valence-corrected chi connectivity index (χ3v) is 4.81. The van der Waals surface area contributed by atoms with Gasteiger partial charge in [0, 0.05) is 30.6 Å². The summed E-state index contributed by atoms with van der Waals surface area (Å²) in [6, 6.07) is 6.25. The minimum absolute atomic E-state index is 0.444. The summed E-state index contributed by atoms with van der Waals surface area (Å²) < 4.78 is 0. The van der Waals surface area contributed by atoms with Gasteiger partial charge in [0.15, 0.2) is 0 Å². The summed E-state index contributed by atoms with van der Waals surface area (Å²) in [4.78, 5) is 17.0. The molecule has 0 saturated carbocycles. The standard InChI is InChI=1S/C15H22N2O2S/c1-4-11-10-17(9-8-16(11)2)12-6-5-7-13(20-3)14(12)15(18)19/h5-7,11H,4,8-10H2,1-3H3,(H,18,19). The van der Waals surface area contributed by atoms with E-state index in [-0.39, 0.29) is 0 Å². The lowest BCUT2D eigenvalue weighted by Crippen LogP contribution is -2.51. The fourth-order valence-electron chi connectivity index (χ4n) is 2.77. The lowest BCUT2D eigenvalue weighted by molar-refractivity contribution is 0.0693. The molecule has 0 aliphatic carbocycles. The molecule has 1 aromatic carbocycles. The summed E-state index contributed by atoms with van der Waals surface area (Å²) in [6.45, 7) is 4.93. The summed E-state index contributed by atoms with van der Waals surface area (Å²) in [5.74, 6) is -0.836. The van der Waals surface area contributed by atoms with Crippen molar-refractivity contribution in [2.75, 3.05) is 37.8 Å². The molecule has 1 heterocycles. The number of anilines is 1. The number of likely N-dealkylation sites (N-methyl/N-ethyl adjacent to an activating group) is 1. The van der Waals surface area contributed by atoms with Gasteiger partial charge in [-0.05, 0) is 31.9 Å². The largest absolute Gasteiger partial charge is 0.478 e. The first-order chi connectivity index (χ1) is 9.58. The normalized spacial score (nSPS) is 20.1. The Morgan fingerprint density at radius 3 is 2.80 bits per heavy atom. The Kier molecular flexibility index (Phi) is 4.94. The van der Waals surface area contributed by atoms with Crippen LogP contribution in [0.25, 0.3) is 0 Å². The lowest BCUT2D eigenvalue weighted by Gasteiger charge is -2.40. The van der Waals surface area contributed by atoms with Gasteiger partial charge in [0.05, 0.1) is 11.3 Å². The fourth-order valence-corrected chi connectivity index (χ4v) is 3.38. The molecule has 5 heteroatoms. The molecule has 4 nitrogen and oxygen atoms in total. The van der Waals surface area contributed by atoms with E-state index in [2.05, 4.69) is 23.8 Å². The van der Waals surface area contributed by atoms with Crippen molar-refractivity contribution in [3.05, 3.63) is 23.8 Å². The molecule has 1 aromatic rings. The van der Waals surface area contributed by atoms with Crippen LogP contribution in [0.3, 0.4) is 0 Å². The number of piperazine rings is 1. The predicted molar refractivity (Wildman–Crippen MR) is 84.1 cm³/mol.